The van der Waals surface area contributed by atoms with Gasteiger partial charge in [0.15, 0.2) is 0 Å². The van der Waals surface area contributed by atoms with E-state index in [0.29, 0.717) is 65.0 Å². The molecule has 0 aromatic heterocycles. The number of likely N-dealkylation sites (tertiary alicyclic amines) is 1. The van der Waals surface area contributed by atoms with Crippen LogP contribution in [0.2, 0.25) is 0 Å². The first-order valence-electron chi connectivity index (χ1n) is 12.3. The van der Waals surface area contributed by atoms with Crippen LogP contribution in [0.5, 0.6) is 0 Å². The Morgan fingerprint density at radius 2 is 1.76 bits per heavy atom. The number of ether oxygens (including phenoxy) is 1. The van der Waals surface area contributed by atoms with Gasteiger partial charge in [-0.2, -0.15) is 0 Å². The SMILES string of the molecule is O=C(NO)[C@H]1CC(CN(C(=O)O)C2CCOCC2)CC[C@@H]1C(=O)N1CC[C@H](c2ccccc2)C1. The highest BCUT2D eigenvalue weighted by Crippen LogP contribution is 2.38. The Labute approximate surface area is 200 Å². The summed E-state index contributed by atoms with van der Waals surface area (Å²) >= 11 is 0. The van der Waals surface area contributed by atoms with Crippen molar-refractivity contribution in [1.29, 1.82) is 0 Å². The van der Waals surface area contributed by atoms with Crippen LogP contribution in [0.15, 0.2) is 30.3 Å². The summed E-state index contributed by atoms with van der Waals surface area (Å²) < 4.78 is 5.37. The minimum Gasteiger partial charge on any atom is -0.465 e. The van der Waals surface area contributed by atoms with E-state index in [0.717, 1.165) is 6.42 Å². The molecule has 9 heteroatoms. The van der Waals surface area contributed by atoms with Gasteiger partial charge in [-0.3, -0.25) is 14.8 Å². The van der Waals surface area contributed by atoms with Gasteiger partial charge in [-0.1, -0.05) is 30.3 Å². The summed E-state index contributed by atoms with van der Waals surface area (Å²) in [6.45, 7) is 2.71. The van der Waals surface area contributed by atoms with Gasteiger partial charge in [-0.15, -0.1) is 0 Å². The van der Waals surface area contributed by atoms with Gasteiger partial charge in [0, 0.05) is 50.7 Å². The predicted octanol–water partition coefficient (Wildman–Crippen LogP) is 2.70. The third kappa shape index (κ3) is 5.52. The van der Waals surface area contributed by atoms with E-state index >= 15 is 0 Å². The molecule has 0 spiro atoms. The summed E-state index contributed by atoms with van der Waals surface area (Å²) in [6, 6.07) is 10.1. The molecule has 34 heavy (non-hydrogen) atoms. The van der Waals surface area contributed by atoms with Gasteiger partial charge in [0.25, 0.3) is 0 Å². The van der Waals surface area contributed by atoms with Crippen molar-refractivity contribution in [2.24, 2.45) is 17.8 Å². The molecule has 186 valence electrons. The van der Waals surface area contributed by atoms with Crippen LogP contribution in [0, 0.1) is 17.8 Å². The highest BCUT2D eigenvalue weighted by Gasteiger charge is 2.43. The number of amides is 3. The quantitative estimate of drug-likeness (QED) is 0.432. The molecule has 3 fully saturated rings. The molecule has 1 unspecified atom stereocenters. The smallest absolute Gasteiger partial charge is 0.407 e. The van der Waals surface area contributed by atoms with Crippen LogP contribution < -0.4 is 5.48 Å². The summed E-state index contributed by atoms with van der Waals surface area (Å²) in [6.07, 6.45) is 2.82. The van der Waals surface area contributed by atoms with Crippen LogP contribution in [0.25, 0.3) is 0 Å². The Kier molecular flexibility index (Phi) is 8.05. The zero-order valence-electron chi connectivity index (χ0n) is 19.5. The van der Waals surface area contributed by atoms with Crippen molar-refractivity contribution in [1.82, 2.24) is 15.3 Å². The third-order valence-corrected chi connectivity index (χ3v) is 7.83. The molecular weight excluding hydrogens is 438 g/mol. The molecule has 3 amide bonds. The number of carbonyl (C=O) groups excluding carboxylic acids is 2. The molecule has 3 N–H and O–H groups in total. The zero-order valence-corrected chi connectivity index (χ0v) is 19.5. The molecule has 4 rings (SSSR count). The number of nitrogens with one attached hydrogen (secondary N) is 1. The molecule has 1 aromatic rings. The first-order chi connectivity index (χ1) is 16.5. The standard InChI is InChI=1S/C25H35N3O6/c29-23(26-33)22-14-17(15-28(25(31)32)20-9-12-34-13-10-20)6-7-21(22)24(30)27-11-8-19(16-27)18-4-2-1-3-5-18/h1-5,17,19-22,33H,6-16H2,(H,26,29)(H,31,32)/t17?,19-,21-,22-/m0/s1. The predicted molar refractivity (Wildman–Crippen MR) is 123 cm³/mol. The highest BCUT2D eigenvalue weighted by molar-refractivity contribution is 5.87. The van der Waals surface area contributed by atoms with Crippen molar-refractivity contribution in [3.63, 3.8) is 0 Å². The van der Waals surface area contributed by atoms with Gasteiger partial charge in [0.05, 0.1) is 5.92 Å². The average molecular weight is 474 g/mol. The normalized spacial score (nSPS) is 27.9. The van der Waals surface area contributed by atoms with Crippen LogP contribution in [0.1, 0.15) is 50.0 Å². The molecule has 1 saturated carbocycles. The maximum absolute atomic E-state index is 13.4. The van der Waals surface area contributed by atoms with Crippen molar-refractivity contribution >= 4 is 17.9 Å². The van der Waals surface area contributed by atoms with Crippen molar-refractivity contribution in [2.75, 3.05) is 32.8 Å². The highest BCUT2D eigenvalue weighted by atomic mass is 16.5. The van der Waals surface area contributed by atoms with Crippen molar-refractivity contribution < 1.29 is 29.4 Å². The number of nitrogens with zero attached hydrogens (tertiary/aromatic N) is 2. The van der Waals surface area contributed by atoms with E-state index in [4.69, 9.17) is 4.74 Å². The van der Waals surface area contributed by atoms with Crippen LogP contribution in [-0.4, -0.2) is 76.9 Å². The van der Waals surface area contributed by atoms with Crippen LogP contribution in [0.3, 0.4) is 0 Å². The van der Waals surface area contributed by atoms with E-state index in [1.54, 1.807) is 5.48 Å². The maximum Gasteiger partial charge on any atom is 0.407 e. The molecule has 2 aliphatic heterocycles. The maximum atomic E-state index is 13.4. The van der Waals surface area contributed by atoms with Crippen molar-refractivity contribution in [3.05, 3.63) is 35.9 Å². The van der Waals surface area contributed by atoms with Gasteiger partial charge in [-0.05, 0) is 50.0 Å². The zero-order chi connectivity index (χ0) is 24.1. The van der Waals surface area contributed by atoms with E-state index < -0.39 is 23.8 Å². The largest absolute Gasteiger partial charge is 0.465 e. The van der Waals surface area contributed by atoms with Crippen molar-refractivity contribution in [2.45, 2.75) is 50.5 Å². The van der Waals surface area contributed by atoms with E-state index in [1.807, 2.05) is 23.1 Å². The summed E-state index contributed by atoms with van der Waals surface area (Å²) in [5, 5.41) is 19.1. The fourth-order valence-corrected chi connectivity index (χ4v) is 5.94. The fraction of sp³-hybridized carbons (Fsp3) is 0.640. The van der Waals surface area contributed by atoms with E-state index in [-0.39, 0.29) is 23.8 Å². The molecule has 2 heterocycles. The third-order valence-electron chi connectivity index (χ3n) is 7.83. The van der Waals surface area contributed by atoms with E-state index in [2.05, 4.69) is 12.1 Å². The minimum atomic E-state index is -0.961. The number of hydrogen-bond donors (Lipinski definition) is 3. The van der Waals surface area contributed by atoms with Gasteiger partial charge in [0.1, 0.15) is 0 Å². The average Bonchev–Trinajstić information content (AvgIpc) is 3.37. The molecule has 3 aliphatic rings. The summed E-state index contributed by atoms with van der Waals surface area (Å²) in [7, 11) is 0. The molecule has 1 aromatic carbocycles. The van der Waals surface area contributed by atoms with Crippen LogP contribution >= 0.6 is 0 Å². The van der Waals surface area contributed by atoms with E-state index in [9.17, 15) is 24.7 Å². The molecule has 9 nitrogen and oxygen atoms in total. The Balaban J connectivity index is 1.40. The monoisotopic (exact) mass is 473 g/mol. The second-order valence-corrected chi connectivity index (χ2v) is 9.83. The first-order valence-corrected chi connectivity index (χ1v) is 12.3. The first kappa shape index (κ1) is 24.5. The fourth-order valence-electron chi connectivity index (χ4n) is 5.94. The lowest BCUT2D eigenvalue weighted by Gasteiger charge is -2.39. The molecule has 4 atom stereocenters. The van der Waals surface area contributed by atoms with Gasteiger partial charge < -0.3 is 19.6 Å². The second-order valence-electron chi connectivity index (χ2n) is 9.83. The lowest BCUT2D eigenvalue weighted by atomic mass is 9.72. The summed E-state index contributed by atoms with van der Waals surface area (Å²) in [5.74, 6) is -1.52. The molecule has 1 aliphatic carbocycles. The molecule has 0 bridgehead atoms. The number of hydroxylamine groups is 1. The molecule has 2 saturated heterocycles. The van der Waals surface area contributed by atoms with Crippen LogP contribution in [0.4, 0.5) is 4.79 Å². The number of hydrogen-bond acceptors (Lipinski definition) is 5. The summed E-state index contributed by atoms with van der Waals surface area (Å²) in [4.78, 5) is 41.3. The second kappa shape index (κ2) is 11.2. The molecular formula is C25H35N3O6. The number of benzene rings is 1. The lowest BCUT2D eigenvalue weighted by Crippen LogP contribution is -2.49. The molecule has 0 radical (unpaired) electrons. The van der Waals surface area contributed by atoms with Gasteiger partial charge in [-0.25, -0.2) is 10.3 Å². The summed E-state index contributed by atoms with van der Waals surface area (Å²) in [5.41, 5.74) is 2.96. The Hall–Kier alpha value is -2.65. The topological polar surface area (TPSA) is 119 Å². The van der Waals surface area contributed by atoms with Crippen LogP contribution in [-0.2, 0) is 14.3 Å². The Bertz CT molecular complexity index is 859. The lowest BCUT2D eigenvalue weighted by molar-refractivity contribution is -0.147. The van der Waals surface area contributed by atoms with E-state index in [1.165, 1.54) is 10.5 Å². The minimum absolute atomic E-state index is 0.0370. The van der Waals surface area contributed by atoms with Gasteiger partial charge >= 0.3 is 6.09 Å². The Morgan fingerprint density at radius 1 is 1.03 bits per heavy atom. The number of carbonyl (C=O) groups is 3. The van der Waals surface area contributed by atoms with Gasteiger partial charge in [0.2, 0.25) is 11.8 Å². The number of carboxylic acid groups (broad SMARTS) is 1. The van der Waals surface area contributed by atoms with Crippen molar-refractivity contribution in [3.8, 4) is 0 Å². The number of rotatable bonds is 6. The Morgan fingerprint density at radius 3 is 2.44 bits per heavy atom.